The molecule has 0 bridgehead atoms. The lowest BCUT2D eigenvalue weighted by Crippen LogP contribution is -2.36. The fraction of sp³-hybridized carbons (Fsp3) is 0.368. The number of carbonyl (C=O) groups is 1. The number of benzene rings is 1. The molecule has 0 amide bonds. The van der Waals surface area contributed by atoms with Gasteiger partial charge < -0.3 is 24.1 Å². The Morgan fingerprint density at radius 2 is 2.07 bits per heavy atom. The summed E-state index contributed by atoms with van der Waals surface area (Å²) >= 11 is 0. The predicted molar refractivity (Wildman–Crippen MR) is 102 cm³/mol. The molecule has 0 aliphatic carbocycles. The van der Waals surface area contributed by atoms with E-state index >= 15 is 0 Å². The average Bonchev–Trinajstić information content (AvgIpc) is 2.73. The summed E-state index contributed by atoms with van der Waals surface area (Å²) in [6.45, 7) is 2.43. The smallest absolute Gasteiger partial charge is 0.504 e. The Kier molecular flexibility index (Phi) is 6.54. The van der Waals surface area contributed by atoms with Gasteiger partial charge in [-0.15, -0.1) is 0 Å². The number of esters is 1. The number of ether oxygens (including phenoxy) is 2. The molecule has 0 radical (unpaired) electrons. The second-order valence-electron chi connectivity index (χ2n) is 6.39. The maximum Gasteiger partial charge on any atom is 0.504 e. The molecule has 1 aliphatic heterocycles. The summed E-state index contributed by atoms with van der Waals surface area (Å²) in [6, 6.07) is 10.8. The number of hydrogen-bond donors (Lipinski definition) is 1. The van der Waals surface area contributed by atoms with Gasteiger partial charge in [0.1, 0.15) is 17.3 Å². The standard InChI is InChI=1S/C19H23BN2O5/c1-25-19(23)15-3-2-4-16(11-15)26-13-14-7-9-22(10-8-14)18-6-5-17(12-21-18)27-20-24/h2-6,11-12,14,20,24H,7-10,13H2,1H3. The highest BCUT2D eigenvalue weighted by Gasteiger charge is 2.21. The maximum absolute atomic E-state index is 11.6. The molecule has 1 fully saturated rings. The van der Waals surface area contributed by atoms with Gasteiger partial charge in [-0.1, -0.05) is 6.07 Å². The zero-order valence-corrected chi connectivity index (χ0v) is 15.3. The molecule has 7 nitrogen and oxygen atoms in total. The summed E-state index contributed by atoms with van der Waals surface area (Å²) < 4.78 is 15.6. The van der Waals surface area contributed by atoms with Gasteiger partial charge in [-0.05, 0) is 49.1 Å². The Labute approximate surface area is 159 Å². The fourth-order valence-electron chi connectivity index (χ4n) is 3.09. The van der Waals surface area contributed by atoms with E-state index in [1.807, 2.05) is 18.2 Å². The van der Waals surface area contributed by atoms with Crippen molar-refractivity contribution in [2.24, 2.45) is 5.92 Å². The molecular weight excluding hydrogens is 347 g/mol. The number of piperidine rings is 1. The molecule has 1 aliphatic rings. The van der Waals surface area contributed by atoms with Crippen molar-refractivity contribution in [3.8, 4) is 11.5 Å². The van der Waals surface area contributed by atoms with E-state index in [2.05, 4.69) is 9.88 Å². The fourth-order valence-corrected chi connectivity index (χ4v) is 3.09. The minimum atomic E-state index is -0.364. The largest absolute Gasteiger partial charge is 0.538 e. The number of pyridine rings is 1. The first-order valence-electron chi connectivity index (χ1n) is 8.95. The van der Waals surface area contributed by atoms with Gasteiger partial charge in [0.2, 0.25) is 0 Å². The molecule has 3 rings (SSSR count). The molecule has 1 N–H and O–H groups in total. The Morgan fingerprint density at radius 3 is 2.74 bits per heavy atom. The lowest BCUT2D eigenvalue weighted by Gasteiger charge is -2.32. The summed E-state index contributed by atoms with van der Waals surface area (Å²) in [5.74, 6) is 2.24. The van der Waals surface area contributed by atoms with Crippen molar-refractivity contribution in [3.63, 3.8) is 0 Å². The molecule has 142 valence electrons. The third kappa shape index (κ3) is 5.13. The van der Waals surface area contributed by atoms with Crippen LogP contribution in [0, 0.1) is 5.92 Å². The number of aromatic nitrogens is 1. The van der Waals surface area contributed by atoms with Crippen LogP contribution in [-0.2, 0) is 4.74 Å². The Hall–Kier alpha value is -2.74. The quantitative estimate of drug-likeness (QED) is 0.588. The van der Waals surface area contributed by atoms with E-state index in [4.69, 9.17) is 19.2 Å². The number of hydrogen-bond acceptors (Lipinski definition) is 7. The lowest BCUT2D eigenvalue weighted by atomic mass is 9.98. The first-order valence-corrected chi connectivity index (χ1v) is 8.95. The van der Waals surface area contributed by atoms with Crippen LogP contribution in [0.3, 0.4) is 0 Å². The van der Waals surface area contributed by atoms with Crippen LogP contribution in [0.25, 0.3) is 0 Å². The van der Waals surface area contributed by atoms with Crippen LogP contribution in [0.1, 0.15) is 23.2 Å². The van der Waals surface area contributed by atoms with Crippen molar-refractivity contribution in [1.82, 2.24) is 4.98 Å². The molecule has 8 heteroatoms. The van der Waals surface area contributed by atoms with Crippen molar-refractivity contribution in [3.05, 3.63) is 48.2 Å². The normalized spacial score (nSPS) is 14.5. The molecule has 1 aromatic heterocycles. The number of nitrogens with zero attached hydrogens (tertiary/aromatic N) is 2. The highest BCUT2D eigenvalue weighted by atomic mass is 16.5. The SMILES string of the molecule is COC(=O)c1cccc(OCC2CCN(c3ccc(OBO)cn3)CC2)c1. The number of carbonyl (C=O) groups excluding carboxylic acids is 1. The van der Waals surface area contributed by atoms with Gasteiger partial charge >= 0.3 is 13.7 Å². The van der Waals surface area contributed by atoms with E-state index in [1.54, 1.807) is 24.4 Å². The summed E-state index contributed by atoms with van der Waals surface area (Å²) in [5.41, 5.74) is 0.490. The number of rotatable bonds is 7. The van der Waals surface area contributed by atoms with Gasteiger partial charge in [0.25, 0.3) is 0 Å². The average molecular weight is 370 g/mol. The molecule has 0 saturated carbocycles. The molecule has 0 spiro atoms. The van der Waals surface area contributed by atoms with Gasteiger partial charge in [-0.25, -0.2) is 9.78 Å². The zero-order chi connectivity index (χ0) is 19.1. The minimum Gasteiger partial charge on any atom is -0.538 e. The van der Waals surface area contributed by atoms with Crippen LogP contribution in [0.4, 0.5) is 5.82 Å². The van der Waals surface area contributed by atoms with Crippen LogP contribution in [0.15, 0.2) is 42.6 Å². The van der Waals surface area contributed by atoms with Crippen LogP contribution >= 0.6 is 0 Å². The van der Waals surface area contributed by atoms with Crippen LogP contribution < -0.4 is 14.3 Å². The third-order valence-corrected chi connectivity index (χ3v) is 4.63. The van der Waals surface area contributed by atoms with Crippen molar-refractivity contribution in [2.75, 3.05) is 31.7 Å². The molecule has 0 atom stereocenters. The van der Waals surface area contributed by atoms with Crippen LogP contribution in [0.2, 0.25) is 0 Å². The van der Waals surface area contributed by atoms with Crippen molar-refractivity contribution >= 4 is 19.5 Å². The van der Waals surface area contributed by atoms with Crippen LogP contribution in [-0.4, -0.2) is 50.5 Å². The van der Waals surface area contributed by atoms with Crippen LogP contribution in [0.5, 0.6) is 11.5 Å². The summed E-state index contributed by atoms with van der Waals surface area (Å²) in [5, 5.41) is 8.76. The Balaban J connectivity index is 1.47. The second-order valence-corrected chi connectivity index (χ2v) is 6.39. The molecule has 2 heterocycles. The highest BCUT2D eigenvalue weighted by Crippen LogP contribution is 2.24. The van der Waals surface area contributed by atoms with E-state index in [0.717, 1.165) is 31.7 Å². The van der Waals surface area contributed by atoms with Gasteiger partial charge in [-0.3, -0.25) is 0 Å². The van der Waals surface area contributed by atoms with E-state index < -0.39 is 0 Å². The zero-order valence-electron chi connectivity index (χ0n) is 15.3. The van der Waals surface area contributed by atoms with Gasteiger partial charge in [0.15, 0.2) is 0 Å². The topological polar surface area (TPSA) is 81.1 Å². The molecule has 0 unspecified atom stereocenters. The number of anilines is 1. The monoisotopic (exact) mass is 370 g/mol. The molecule has 1 saturated heterocycles. The van der Waals surface area contributed by atoms with Crippen molar-refractivity contribution < 1.29 is 23.9 Å². The first-order chi connectivity index (χ1) is 13.2. The van der Waals surface area contributed by atoms with E-state index in [-0.39, 0.29) is 13.7 Å². The van der Waals surface area contributed by atoms with E-state index in [1.165, 1.54) is 7.11 Å². The van der Waals surface area contributed by atoms with E-state index in [0.29, 0.717) is 29.6 Å². The Bertz CT molecular complexity index is 748. The van der Waals surface area contributed by atoms with Gasteiger partial charge in [-0.2, -0.15) is 0 Å². The summed E-state index contributed by atoms with van der Waals surface area (Å²) in [6.07, 6.45) is 3.63. The Morgan fingerprint density at radius 1 is 1.26 bits per heavy atom. The minimum absolute atomic E-state index is 0.352. The predicted octanol–water partition coefficient (Wildman–Crippen LogP) is 1.80. The first kappa shape index (κ1) is 19.0. The molecule has 27 heavy (non-hydrogen) atoms. The summed E-state index contributed by atoms with van der Waals surface area (Å²) in [4.78, 5) is 18.2. The van der Waals surface area contributed by atoms with E-state index in [9.17, 15) is 4.79 Å². The maximum atomic E-state index is 11.6. The van der Waals surface area contributed by atoms with Crippen molar-refractivity contribution in [1.29, 1.82) is 0 Å². The molecule has 2 aromatic rings. The number of methoxy groups -OCH3 is 1. The molecule has 1 aromatic carbocycles. The second kappa shape index (κ2) is 9.27. The van der Waals surface area contributed by atoms with Gasteiger partial charge in [0, 0.05) is 13.1 Å². The third-order valence-electron chi connectivity index (χ3n) is 4.63. The molecular formula is C19H23BN2O5. The van der Waals surface area contributed by atoms with Crippen molar-refractivity contribution in [2.45, 2.75) is 12.8 Å². The lowest BCUT2D eigenvalue weighted by molar-refractivity contribution is 0.0600. The van der Waals surface area contributed by atoms with Gasteiger partial charge in [0.05, 0.1) is 25.5 Å². The highest BCUT2D eigenvalue weighted by molar-refractivity contribution is 6.17. The summed E-state index contributed by atoms with van der Waals surface area (Å²) in [7, 11) is 1.01.